The highest BCUT2D eigenvalue weighted by molar-refractivity contribution is 6.83. The topological polar surface area (TPSA) is 104 Å². The van der Waals surface area contributed by atoms with Crippen LogP contribution in [0, 0.1) is 11.5 Å². The lowest BCUT2D eigenvalue weighted by Crippen LogP contribution is -2.44. The van der Waals surface area contributed by atoms with Gasteiger partial charge < -0.3 is 14.0 Å². The molecule has 0 atom stereocenters. The first-order valence-corrected chi connectivity index (χ1v) is 16.8. The number of nitrogens with zero attached hydrogens (tertiary/aromatic N) is 4. The molecule has 0 unspecified atom stereocenters. The van der Waals surface area contributed by atoms with E-state index >= 15 is 0 Å². The molecule has 1 aliphatic rings. The normalized spacial score (nSPS) is 14.4. The van der Waals surface area contributed by atoms with Gasteiger partial charge in [-0.1, -0.05) is 38.4 Å². The average Bonchev–Trinajstić information content (AvgIpc) is 3.30. The molecule has 0 radical (unpaired) electrons. The van der Waals surface area contributed by atoms with Crippen LogP contribution in [0.3, 0.4) is 0 Å². The summed E-state index contributed by atoms with van der Waals surface area (Å²) in [5.74, 6) is 3.00. The van der Waals surface area contributed by atoms with Gasteiger partial charge in [0.05, 0.1) is 11.9 Å². The number of ether oxygens (including phenoxy) is 2. The molecule has 1 aliphatic carbocycles. The summed E-state index contributed by atoms with van der Waals surface area (Å²) in [6, 6.07) is 3.39. The van der Waals surface area contributed by atoms with E-state index in [9.17, 15) is 14.4 Å². The minimum Gasteiger partial charge on any atom is -0.443 e. The lowest BCUT2D eigenvalue weighted by Gasteiger charge is -2.28. The quantitative estimate of drug-likeness (QED) is 0.324. The Balaban J connectivity index is 2.18. The van der Waals surface area contributed by atoms with Gasteiger partial charge in [-0.3, -0.25) is 4.79 Å². The van der Waals surface area contributed by atoms with E-state index in [0.717, 1.165) is 30.6 Å². The van der Waals surface area contributed by atoms with Gasteiger partial charge in [0.1, 0.15) is 19.3 Å². The maximum absolute atomic E-state index is 13.3. The van der Waals surface area contributed by atoms with Crippen molar-refractivity contribution in [2.45, 2.75) is 104 Å². The Labute approximate surface area is 232 Å². The second kappa shape index (κ2) is 11.3. The smallest absolute Gasteiger partial charge is 0.425 e. The van der Waals surface area contributed by atoms with Gasteiger partial charge in [-0.25, -0.2) is 19.6 Å². The summed E-state index contributed by atoms with van der Waals surface area (Å²) in [4.78, 5) is 49.1. The van der Waals surface area contributed by atoms with Crippen LogP contribution >= 0.6 is 0 Å². The van der Waals surface area contributed by atoms with Crippen LogP contribution in [0.1, 0.15) is 79.0 Å². The molecule has 1 fully saturated rings. The molecule has 0 aromatic carbocycles. The molecule has 2 aromatic rings. The number of imide groups is 1. The number of hydrogen-bond donors (Lipinski definition) is 0. The summed E-state index contributed by atoms with van der Waals surface area (Å²) in [7, 11) is -1.88. The van der Waals surface area contributed by atoms with E-state index in [2.05, 4.69) is 36.1 Å². The van der Waals surface area contributed by atoms with Crippen LogP contribution < -0.4 is 10.5 Å². The molecule has 2 amide bonds. The first-order chi connectivity index (χ1) is 17.9. The van der Waals surface area contributed by atoms with Crippen molar-refractivity contribution in [1.82, 2.24) is 14.5 Å². The fourth-order valence-electron chi connectivity index (χ4n) is 4.00. The van der Waals surface area contributed by atoms with Crippen LogP contribution in [0.4, 0.5) is 15.4 Å². The van der Waals surface area contributed by atoms with Gasteiger partial charge in [0.2, 0.25) is 0 Å². The predicted octanol–water partition coefficient (Wildman–Crippen LogP) is 6.33. The number of amides is 2. The molecule has 2 heterocycles. The van der Waals surface area contributed by atoms with E-state index in [-0.39, 0.29) is 23.1 Å². The molecule has 0 saturated heterocycles. The molecule has 0 aliphatic heterocycles. The summed E-state index contributed by atoms with van der Waals surface area (Å²) >= 11 is 0. The zero-order valence-electron chi connectivity index (χ0n) is 24.5. The summed E-state index contributed by atoms with van der Waals surface area (Å²) < 4.78 is 12.8. The van der Waals surface area contributed by atoms with Crippen molar-refractivity contribution in [2.75, 3.05) is 4.90 Å². The van der Waals surface area contributed by atoms with Gasteiger partial charge in [0.15, 0.2) is 11.5 Å². The van der Waals surface area contributed by atoms with Crippen LogP contribution in [-0.4, -0.2) is 46.0 Å². The molecule has 2 aromatic heterocycles. The Bertz CT molecular complexity index is 1320. The first-order valence-electron chi connectivity index (χ1n) is 13.3. The van der Waals surface area contributed by atoms with Gasteiger partial charge in [0.25, 0.3) is 5.56 Å². The third kappa shape index (κ3) is 8.52. The molecule has 9 nitrogen and oxygen atoms in total. The Morgan fingerprint density at radius 2 is 1.56 bits per heavy atom. The van der Waals surface area contributed by atoms with Crippen LogP contribution in [-0.2, 0) is 9.47 Å². The van der Waals surface area contributed by atoms with Crippen LogP contribution in [0.5, 0.6) is 0 Å². The van der Waals surface area contributed by atoms with Crippen molar-refractivity contribution in [3.63, 3.8) is 0 Å². The SMILES string of the molecule is CC(C)(C)OC(=O)N(C(=O)OC(C)(C)C)c1ncc(-c2ccc(=O)n(C3CCCC3)c2)nc1C#C[Si](C)(C)C. The van der Waals surface area contributed by atoms with Crippen molar-refractivity contribution >= 4 is 26.1 Å². The lowest BCUT2D eigenvalue weighted by molar-refractivity contribution is 0.0428. The number of rotatable bonds is 3. The van der Waals surface area contributed by atoms with Gasteiger partial charge in [0, 0.05) is 23.9 Å². The molecule has 3 rings (SSSR count). The highest BCUT2D eigenvalue weighted by atomic mass is 28.3. The third-order valence-electron chi connectivity index (χ3n) is 5.62. The predicted molar refractivity (Wildman–Crippen MR) is 154 cm³/mol. The van der Waals surface area contributed by atoms with Gasteiger partial charge in [-0.05, 0) is 60.5 Å². The fourth-order valence-corrected chi connectivity index (χ4v) is 4.49. The minimum atomic E-state index is -1.88. The van der Waals surface area contributed by atoms with Crippen molar-refractivity contribution in [3.05, 3.63) is 40.6 Å². The Kier molecular flexibility index (Phi) is 8.75. The zero-order chi connectivity index (χ0) is 29.2. The Morgan fingerprint density at radius 1 is 1.00 bits per heavy atom. The molecular weight excluding hydrogens is 512 g/mol. The second-order valence-electron chi connectivity index (χ2n) is 12.8. The van der Waals surface area contributed by atoms with Gasteiger partial charge in [-0.15, -0.1) is 5.54 Å². The van der Waals surface area contributed by atoms with Crippen molar-refractivity contribution in [3.8, 4) is 22.7 Å². The molecule has 39 heavy (non-hydrogen) atoms. The Morgan fingerprint density at radius 3 is 2.08 bits per heavy atom. The molecule has 10 heteroatoms. The van der Waals surface area contributed by atoms with Crippen molar-refractivity contribution in [2.24, 2.45) is 0 Å². The molecular formula is C29H40N4O5Si. The van der Waals surface area contributed by atoms with Crippen LogP contribution in [0.25, 0.3) is 11.3 Å². The summed E-state index contributed by atoms with van der Waals surface area (Å²) in [5, 5.41) is 0. The highest BCUT2D eigenvalue weighted by Crippen LogP contribution is 2.30. The van der Waals surface area contributed by atoms with Crippen molar-refractivity contribution in [1.29, 1.82) is 0 Å². The second-order valence-corrected chi connectivity index (χ2v) is 17.6. The summed E-state index contributed by atoms with van der Waals surface area (Å²) in [6.45, 7) is 16.5. The first kappa shape index (κ1) is 30.1. The van der Waals surface area contributed by atoms with E-state index in [4.69, 9.17) is 14.5 Å². The molecule has 0 bridgehead atoms. The number of pyridine rings is 1. The molecule has 0 N–H and O–H groups in total. The van der Waals surface area contributed by atoms with Crippen LogP contribution in [0.2, 0.25) is 19.6 Å². The number of aromatic nitrogens is 3. The minimum absolute atomic E-state index is 0.0602. The van der Waals surface area contributed by atoms with E-state index in [0.29, 0.717) is 11.3 Å². The van der Waals surface area contributed by atoms with E-state index in [1.54, 1.807) is 58.4 Å². The average molecular weight is 553 g/mol. The number of hydrogen-bond acceptors (Lipinski definition) is 7. The number of anilines is 1. The van der Waals surface area contributed by atoms with E-state index < -0.39 is 31.5 Å². The molecule has 1 saturated carbocycles. The lowest BCUT2D eigenvalue weighted by atomic mass is 10.1. The Hall–Kier alpha value is -3.45. The number of carbonyl (C=O) groups excluding carboxylic acids is 2. The maximum Gasteiger partial charge on any atom is 0.425 e. The fraction of sp³-hybridized carbons (Fsp3) is 0.552. The highest BCUT2D eigenvalue weighted by Gasteiger charge is 2.35. The van der Waals surface area contributed by atoms with Crippen molar-refractivity contribution < 1.29 is 19.1 Å². The molecule has 210 valence electrons. The van der Waals surface area contributed by atoms with E-state index in [1.807, 2.05) is 0 Å². The number of carbonyl (C=O) groups is 2. The van der Waals surface area contributed by atoms with E-state index in [1.165, 1.54) is 12.3 Å². The largest absolute Gasteiger partial charge is 0.443 e. The zero-order valence-corrected chi connectivity index (χ0v) is 25.5. The monoisotopic (exact) mass is 552 g/mol. The molecule has 0 spiro atoms. The standard InChI is InChI=1S/C29H40N4O5Si/c1-28(2,3)37-26(35)33(27(36)38-29(4,5)6)25-22(16-17-39(7,8)9)31-23(18-30-25)20-14-15-24(34)32(19-20)21-12-10-11-13-21/h14-15,18-19,21H,10-13H2,1-9H3. The third-order valence-corrected chi connectivity index (χ3v) is 6.50. The van der Waals surface area contributed by atoms with Gasteiger partial charge >= 0.3 is 12.2 Å². The van der Waals surface area contributed by atoms with Gasteiger partial charge in [-0.2, -0.15) is 4.90 Å². The summed E-state index contributed by atoms with van der Waals surface area (Å²) in [5.41, 5.74) is 2.75. The summed E-state index contributed by atoms with van der Waals surface area (Å²) in [6.07, 6.45) is 5.50. The van der Waals surface area contributed by atoms with Crippen LogP contribution in [0.15, 0.2) is 29.3 Å². The maximum atomic E-state index is 13.3.